The van der Waals surface area contributed by atoms with E-state index >= 15 is 0 Å². The maximum absolute atomic E-state index is 12.2. The molecule has 0 aromatic heterocycles. The Morgan fingerprint density at radius 3 is 2.58 bits per heavy atom. The lowest BCUT2D eigenvalue weighted by molar-refractivity contribution is -0.126. The molecular weight excluding hydrogens is 417 g/mol. The van der Waals surface area contributed by atoms with Gasteiger partial charge in [0.05, 0.1) is 12.1 Å². The summed E-state index contributed by atoms with van der Waals surface area (Å²) in [6, 6.07) is 17.2. The summed E-state index contributed by atoms with van der Waals surface area (Å²) < 4.78 is 1.14. The molecule has 1 unspecified atom stereocenters. The Bertz CT molecular complexity index is 760. The fourth-order valence-corrected chi connectivity index (χ4v) is 2.91. The molecule has 1 saturated heterocycles. The Morgan fingerprint density at radius 2 is 1.88 bits per heavy atom. The number of halogens is 1. The summed E-state index contributed by atoms with van der Waals surface area (Å²) in [7, 11) is 0. The van der Waals surface area contributed by atoms with E-state index in [9.17, 15) is 9.59 Å². The van der Waals surface area contributed by atoms with Crippen molar-refractivity contribution in [3.8, 4) is 0 Å². The Hall–Kier alpha value is -2.22. The topological polar surface area (TPSA) is 61.8 Å². The summed E-state index contributed by atoms with van der Waals surface area (Å²) >= 11 is 2.23. The number of hydrogen-bond donors (Lipinski definition) is 1. The van der Waals surface area contributed by atoms with Crippen LogP contribution in [0, 0.1) is 9.49 Å². The van der Waals surface area contributed by atoms with Gasteiger partial charge in [0, 0.05) is 22.2 Å². The maximum Gasteiger partial charge on any atom is 0.245 e. The Labute approximate surface area is 153 Å². The molecule has 122 valence electrons. The normalized spacial score (nSPS) is 17.5. The lowest BCUT2D eigenvalue weighted by atomic mass is 10.1. The van der Waals surface area contributed by atoms with Gasteiger partial charge in [-0.25, -0.2) is 5.43 Å². The molecule has 2 aromatic rings. The van der Waals surface area contributed by atoms with Crippen LogP contribution in [0.4, 0.5) is 5.69 Å². The summed E-state index contributed by atoms with van der Waals surface area (Å²) in [4.78, 5) is 26.0. The van der Waals surface area contributed by atoms with E-state index in [1.165, 1.54) is 0 Å². The average molecular weight is 433 g/mol. The van der Waals surface area contributed by atoms with Crippen LogP contribution in [-0.2, 0) is 9.59 Å². The minimum absolute atomic E-state index is 0.0389. The van der Waals surface area contributed by atoms with Crippen molar-refractivity contribution in [1.82, 2.24) is 5.43 Å². The first-order valence-corrected chi connectivity index (χ1v) is 8.65. The summed E-state index contributed by atoms with van der Waals surface area (Å²) in [5.74, 6) is -0.655. The van der Waals surface area contributed by atoms with E-state index < -0.39 is 0 Å². The predicted molar refractivity (Wildman–Crippen MR) is 102 cm³/mol. The van der Waals surface area contributed by atoms with Crippen molar-refractivity contribution in [3.05, 3.63) is 63.7 Å². The van der Waals surface area contributed by atoms with Gasteiger partial charge < -0.3 is 4.90 Å². The SMILES string of the molecule is O=C(NN=Cc1ccc(I)cc1)C1CC(=O)N(c2ccccc2)C1. The van der Waals surface area contributed by atoms with Crippen LogP contribution >= 0.6 is 22.6 Å². The third-order valence-corrected chi connectivity index (χ3v) is 4.54. The van der Waals surface area contributed by atoms with E-state index in [4.69, 9.17) is 0 Å². The second-order valence-corrected chi connectivity index (χ2v) is 6.77. The monoisotopic (exact) mass is 433 g/mol. The van der Waals surface area contributed by atoms with Crippen LogP contribution in [0.3, 0.4) is 0 Å². The average Bonchev–Trinajstić information content (AvgIpc) is 2.99. The highest BCUT2D eigenvalue weighted by atomic mass is 127. The lowest BCUT2D eigenvalue weighted by Gasteiger charge is -2.16. The van der Waals surface area contributed by atoms with Gasteiger partial charge in [-0.2, -0.15) is 5.10 Å². The highest BCUT2D eigenvalue weighted by molar-refractivity contribution is 14.1. The number of anilines is 1. The minimum atomic E-state index is -0.383. The number of hydrazone groups is 1. The van der Waals surface area contributed by atoms with Gasteiger partial charge in [-0.3, -0.25) is 9.59 Å². The van der Waals surface area contributed by atoms with Gasteiger partial charge in [-0.1, -0.05) is 30.3 Å². The first kappa shape index (κ1) is 16.6. The van der Waals surface area contributed by atoms with Gasteiger partial charge in [0.2, 0.25) is 11.8 Å². The van der Waals surface area contributed by atoms with E-state index in [1.54, 1.807) is 11.1 Å². The molecule has 0 aliphatic carbocycles. The second-order valence-electron chi connectivity index (χ2n) is 5.53. The van der Waals surface area contributed by atoms with Crippen molar-refractivity contribution in [1.29, 1.82) is 0 Å². The molecule has 1 fully saturated rings. The molecule has 1 N–H and O–H groups in total. The van der Waals surface area contributed by atoms with Gasteiger partial charge in [-0.05, 0) is 52.4 Å². The molecule has 2 amide bonds. The quantitative estimate of drug-likeness (QED) is 0.458. The third-order valence-electron chi connectivity index (χ3n) is 3.82. The van der Waals surface area contributed by atoms with Gasteiger partial charge in [0.15, 0.2) is 0 Å². The second kappa shape index (κ2) is 7.57. The van der Waals surface area contributed by atoms with Crippen LogP contribution in [0.15, 0.2) is 59.7 Å². The number of nitrogens with zero attached hydrogens (tertiary/aromatic N) is 2. The smallest absolute Gasteiger partial charge is 0.245 e. The molecule has 2 aromatic carbocycles. The molecule has 0 radical (unpaired) electrons. The van der Waals surface area contributed by atoms with Crippen molar-refractivity contribution in [3.63, 3.8) is 0 Å². The number of rotatable bonds is 4. The molecule has 24 heavy (non-hydrogen) atoms. The van der Waals surface area contributed by atoms with Gasteiger partial charge in [0.25, 0.3) is 0 Å². The number of benzene rings is 2. The third kappa shape index (κ3) is 4.00. The zero-order valence-electron chi connectivity index (χ0n) is 12.9. The molecule has 3 rings (SSSR count). The van der Waals surface area contributed by atoms with E-state index in [0.717, 1.165) is 14.8 Å². The number of carbonyl (C=O) groups excluding carboxylic acids is 2. The van der Waals surface area contributed by atoms with E-state index in [1.807, 2.05) is 54.6 Å². The molecule has 1 heterocycles. The zero-order valence-corrected chi connectivity index (χ0v) is 15.0. The number of carbonyl (C=O) groups is 2. The van der Waals surface area contributed by atoms with Crippen molar-refractivity contribution < 1.29 is 9.59 Å². The van der Waals surface area contributed by atoms with Gasteiger partial charge in [-0.15, -0.1) is 0 Å². The van der Waals surface area contributed by atoms with Crippen LogP contribution in [0.2, 0.25) is 0 Å². The summed E-state index contributed by atoms with van der Waals surface area (Å²) in [6.45, 7) is 0.383. The molecule has 1 atom stereocenters. The zero-order chi connectivity index (χ0) is 16.9. The molecule has 1 aliphatic rings. The largest absolute Gasteiger partial charge is 0.312 e. The molecule has 1 aliphatic heterocycles. The fraction of sp³-hybridized carbons (Fsp3) is 0.167. The Morgan fingerprint density at radius 1 is 1.17 bits per heavy atom. The number of amides is 2. The lowest BCUT2D eigenvalue weighted by Crippen LogP contribution is -2.30. The first-order chi connectivity index (χ1) is 11.6. The van der Waals surface area contributed by atoms with Crippen molar-refractivity contribution in [2.24, 2.45) is 11.0 Å². The summed E-state index contributed by atoms with van der Waals surface area (Å²) in [5.41, 5.74) is 4.26. The van der Waals surface area contributed by atoms with Crippen LogP contribution < -0.4 is 10.3 Å². The number of nitrogens with one attached hydrogen (secondary N) is 1. The van der Waals surface area contributed by atoms with E-state index in [2.05, 4.69) is 33.1 Å². The summed E-state index contributed by atoms with van der Waals surface area (Å²) in [5, 5.41) is 3.98. The molecule has 0 saturated carbocycles. The van der Waals surface area contributed by atoms with Gasteiger partial charge >= 0.3 is 0 Å². The fourth-order valence-electron chi connectivity index (χ4n) is 2.55. The van der Waals surface area contributed by atoms with Crippen LogP contribution in [0.1, 0.15) is 12.0 Å². The highest BCUT2D eigenvalue weighted by Gasteiger charge is 2.34. The van der Waals surface area contributed by atoms with Crippen molar-refractivity contribution >= 4 is 46.3 Å². The number of hydrogen-bond acceptors (Lipinski definition) is 3. The molecule has 0 spiro atoms. The molecule has 6 heteroatoms. The van der Waals surface area contributed by atoms with Crippen LogP contribution in [0.25, 0.3) is 0 Å². The first-order valence-electron chi connectivity index (χ1n) is 7.57. The molecule has 5 nitrogen and oxygen atoms in total. The van der Waals surface area contributed by atoms with Crippen molar-refractivity contribution in [2.45, 2.75) is 6.42 Å². The number of para-hydroxylation sites is 1. The maximum atomic E-state index is 12.2. The molecule has 0 bridgehead atoms. The van der Waals surface area contributed by atoms with Crippen LogP contribution in [-0.4, -0.2) is 24.6 Å². The minimum Gasteiger partial charge on any atom is -0.312 e. The highest BCUT2D eigenvalue weighted by Crippen LogP contribution is 2.24. The Kier molecular flexibility index (Phi) is 5.24. The Balaban J connectivity index is 1.58. The van der Waals surface area contributed by atoms with E-state index in [-0.39, 0.29) is 24.2 Å². The van der Waals surface area contributed by atoms with Crippen LogP contribution in [0.5, 0.6) is 0 Å². The molecular formula is C18H16IN3O2. The predicted octanol–water partition coefficient (Wildman–Crippen LogP) is 2.79. The van der Waals surface area contributed by atoms with Crippen molar-refractivity contribution in [2.75, 3.05) is 11.4 Å². The standard InChI is InChI=1S/C18H16IN3O2/c19-15-8-6-13(7-9-15)11-20-21-18(24)14-10-17(23)22(12-14)16-4-2-1-3-5-16/h1-9,11,14H,10,12H2,(H,21,24). The van der Waals surface area contributed by atoms with Gasteiger partial charge in [0.1, 0.15) is 0 Å². The van der Waals surface area contributed by atoms with E-state index in [0.29, 0.717) is 6.54 Å². The summed E-state index contributed by atoms with van der Waals surface area (Å²) in [6.07, 6.45) is 1.81.